The molecule has 0 aromatic heterocycles. The number of carbonyl (C=O) groups excluding carboxylic acids is 1. The maximum Gasteiger partial charge on any atom is 0.252 e. The molecule has 1 rings (SSSR count). The van der Waals surface area contributed by atoms with Crippen molar-refractivity contribution < 1.29 is 4.79 Å². The Morgan fingerprint density at radius 3 is 2.90 bits per heavy atom. The van der Waals surface area contributed by atoms with E-state index in [9.17, 15) is 4.79 Å². The van der Waals surface area contributed by atoms with Crippen LogP contribution in [-0.2, 0) is 4.79 Å². The lowest BCUT2D eigenvalue weighted by atomic mass is 10.1. The minimum Gasteiger partial charge on any atom is -0.320 e. The molecule has 0 aliphatic carbocycles. The number of hydrogen-bond donors (Lipinski definition) is 1. The van der Waals surface area contributed by atoms with Gasteiger partial charge in [0.2, 0.25) is 0 Å². The van der Waals surface area contributed by atoms with Crippen molar-refractivity contribution in [1.82, 2.24) is 3.11 Å². The van der Waals surface area contributed by atoms with Crippen molar-refractivity contribution >= 4 is 28.8 Å². The second kappa shape index (κ2) is 2.87. The van der Waals surface area contributed by atoms with E-state index in [-0.39, 0.29) is 11.9 Å². The van der Waals surface area contributed by atoms with E-state index in [1.54, 1.807) is 0 Å². The molecule has 3 nitrogen and oxygen atoms in total. The second-order valence-corrected chi connectivity index (χ2v) is 3.30. The molecule has 1 heterocycles. The van der Waals surface area contributed by atoms with E-state index in [0.29, 0.717) is 0 Å². The second-order valence-electron chi connectivity index (χ2n) is 2.33. The normalized spacial score (nSPS) is 27.4. The summed E-state index contributed by atoms with van der Waals surface area (Å²) in [5.74, 6) is -0.0307. The van der Waals surface area contributed by atoms with Crippen molar-refractivity contribution in [3.8, 4) is 0 Å². The zero-order chi connectivity index (χ0) is 7.72. The van der Waals surface area contributed by atoms with Crippen LogP contribution >= 0.6 is 22.9 Å². The monoisotopic (exact) mass is 252 g/mol. The van der Waals surface area contributed by atoms with Crippen molar-refractivity contribution in [2.75, 3.05) is 0 Å². The molecule has 0 saturated carbocycles. The van der Waals surface area contributed by atoms with Gasteiger partial charge in [-0.25, -0.2) is 0 Å². The van der Waals surface area contributed by atoms with Crippen LogP contribution < -0.4 is 5.73 Å². The average Bonchev–Trinajstić information content (AvgIpc) is 1.93. The highest BCUT2D eigenvalue weighted by Gasteiger charge is 2.26. The molecular weight excluding hydrogens is 243 g/mol. The summed E-state index contributed by atoms with van der Waals surface area (Å²) in [5.41, 5.74) is 6.35. The molecule has 0 aromatic carbocycles. The van der Waals surface area contributed by atoms with Gasteiger partial charge in [0.1, 0.15) is 0 Å². The largest absolute Gasteiger partial charge is 0.320 e. The molecule has 10 heavy (non-hydrogen) atoms. The van der Waals surface area contributed by atoms with Crippen molar-refractivity contribution in [3.05, 3.63) is 12.3 Å². The van der Waals surface area contributed by atoms with Crippen molar-refractivity contribution in [2.45, 2.75) is 18.9 Å². The zero-order valence-electron chi connectivity index (χ0n) is 5.51. The van der Waals surface area contributed by atoms with Crippen LogP contribution in [0, 0.1) is 0 Å². The number of halogens is 1. The van der Waals surface area contributed by atoms with Crippen LogP contribution in [-0.4, -0.2) is 15.1 Å². The van der Waals surface area contributed by atoms with Gasteiger partial charge in [-0.15, -0.1) is 0 Å². The summed E-state index contributed by atoms with van der Waals surface area (Å²) in [7, 11) is 0. The molecule has 0 aromatic rings. The van der Waals surface area contributed by atoms with Gasteiger partial charge in [0.25, 0.3) is 5.91 Å². The minimum absolute atomic E-state index is 0.0307. The lowest BCUT2D eigenvalue weighted by molar-refractivity contribution is -0.126. The quantitative estimate of drug-likeness (QED) is 0.512. The number of rotatable bonds is 0. The molecule has 1 fully saturated rings. The molecule has 4 heteroatoms. The van der Waals surface area contributed by atoms with E-state index in [4.69, 9.17) is 5.73 Å². The molecule has 1 unspecified atom stereocenters. The first kappa shape index (κ1) is 8.00. The molecule has 0 bridgehead atoms. The highest BCUT2D eigenvalue weighted by Crippen LogP contribution is 2.22. The smallest absolute Gasteiger partial charge is 0.252 e. The van der Waals surface area contributed by atoms with E-state index < -0.39 is 0 Å². The maximum atomic E-state index is 11.1. The Hall–Kier alpha value is -0.100. The fraction of sp³-hybridized carbons (Fsp3) is 0.500. The summed E-state index contributed by atoms with van der Waals surface area (Å²) in [6.07, 6.45) is 1.56. The third kappa shape index (κ3) is 1.32. The van der Waals surface area contributed by atoms with Crippen molar-refractivity contribution in [1.29, 1.82) is 0 Å². The molecule has 1 amide bonds. The number of nitrogens with two attached hydrogens (primary N) is 1. The molecule has 56 valence electrons. The predicted molar refractivity (Wildman–Crippen MR) is 47.2 cm³/mol. The molecule has 1 aliphatic rings. The number of nitrogens with zero attached hydrogens (tertiary/aromatic N) is 1. The molecule has 1 atom stereocenters. The molecule has 1 saturated heterocycles. The Balaban J connectivity index is 2.70. The number of piperidine rings is 1. The first-order valence-corrected chi connectivity index (χ1v) is 4.02. The number of carbonyl (C=O) groups is 1. The third-order valence-electron chi connectivity index (χ3n) is 1.53. The number of amides is 1. The van der Waals surface area contributed by atoms with E-state index >= 15 is 0 Å². The first-order chi connectivity index (χ1) is 4.63. The van der Waals surface area contributed by atoms with Gasteiger partial charge < -0.3 is 5.73 Å². The Morgan fingerprint density at radius 2 is 2.40 bits per heavy atom. The summed E-state index contributed by atoms with van der Waals surface area (Å²) >= 11 is 1.93. The zero-order valence-corrected chi connectivity index (χ0v) is 7.67. The predicted octanol–water partition coefficient (Wildman–Crippen LogP) is 0.800. The van der Waals surface area contributed by atoms with Crippen LogP contribution in [0.2, 0.25) is 0 Å². The van der Waals surface area contributed by atoms with Gasteiger partial charge in [0.05, 0.1) is 28.9 Å². The molecular formula is C6H9IN2O. The van der Waals surface area contributed by atoms with Gasteiger partial charge >= 0.3 is 0 Å². The minimum atomic E-state index is -0.317. The Labute approximate surface area is 73.7 Å². The average molecular weight is 252 g/mol. The van der Waals surface area contributed by atoms with Gasteiger partial charge in [-0.3, -0.25) is 7.91 Å². The molecule has 1 aliphatic heterocycles. The maximum absolute atomic E-state index is 11.1. The summed E-state index contributed by atoms with van der Waals surface area (Å²) in [4.78, 5) is 11.1. The van der Waals surface area contributed by atoms with E-state index in [1.807, 2.05) is 22.9 Å². The first-order valence-electron chi connectivity index (χ1n) is 3.06. The fourth-order valence-corrected chi connectivity index (χ4v) is 1.44. The highest BCUT2D eigenvalue weighted by atomic mass is 127. The highest BCUT2D eigenvalue weighted by molar-refractivity contribution is 14.1. The topological polar surface area (TPSA) is 46.3 Å². The van der Waals surface area contributed by atoms with Gasteiger partial charge in [-0.1, -0.05) is 6.58 Å². The van der Waals surface area contributed by atoms with Crippen molar-refractivity contribution in [2.24, 2.45) is 5.73 Å². The van der Waals surface area contributed by atoms with E-state index in [1.165, 1.54) is 3.11 Å². The lowest BCUT2D eigenvalue weighted by Crippen LogP contribution is -2.42. The van der Waals surface area contributed by atoms with Gasteiger partial charge in [-0.05, 0) is 12.8 Å². The summed E-state index contributed by atoms with van der Waals surface area (Å²) in [6, 6.07) is -0.317. The van der Waals surface area contributed by atoms with Gasteiger partial charge in [-0.2, -0.15) is 0 Å². The van der Waals surface area contributed by atoms with E-state index in [0.717, 1.165) is 18.5 Å². The van der Waals surface area contributed by atoms with Crippen LogP contribution in [0.3, 0.4) is 0 Å². The third-order valence-corrected chi connectivity index (χ3v) is 2.69. The molecule has 2 N–H and O–H groups in total. The SMILES string of the molecule is C=C1CCC(N)C(=O)N1I. The Kier molecular flexibility index (Phi) is 2.30. The standard InChI is InChI=1S/C6H9IN2O/c1-4-2-3-5(8)6(10)9(4)7/h5H,1-3,8H2. The number of hydrogen-bond acceptors (Lipinski definition) is 2. The Bertz CT molecular complexity index is 181. The number of allylic oxidation sites excluding steroid dienone is 1. The van der Waals surface area contributed by atoms with Gasteiger partial charge in [0.15, 0.2) is 0 Å². The molecule has 0 radical (unpaired) electrons. The summed E-state index contributed by atoms with van der Waals surface area (Å²) in [5, 5.41) is 0. The van der Waals surface area contributed by atoms with Gasteiger partial charge in [0, 0.05) is 5.70 Å². The molecule has 0 spiro atoms. The van der Waals surface area contributed by atoms with Crippen LogP contribution in [0.15, 0.2) is 12.3 Å². The van der Waals surface area contributed by atoms with Crippen LogP contribution in [0.5, 0.6) is 0 Å². The fourth-order valence-electron chi connectivity index (χ4n) is 0.845. The lowest BCUT2D eigenvalue weighted by Gasteiger charge is -2.26. The van der Waals surface area contributed by atoms with E-state index in [2.05, 4.69) is 6.58 Å². The van der Waals surface area contributed by atoms with Crippen molar-refractivity contribution in [3.63, 3.8) is 0 Å². The Morgan fingerprint density at radius 1 is 1.80 bits per heavy atom. The summed E-state index contributed by atoms with van der Waals surface area (Å²) in [6.45, 7) is 3.72. The van der Waals surface area contributed by atoms with Crippen LogP contribution in [0.1, 0.15) is 12.8 Å². The summed E-state index contributed by atoms with van der Waals surface area (Å²) < 4.78 is 1.51. The van der Waals surface area contributed by atoms with Crippen LogP contribution in [0.4, 0.5) is 0 Å². The van der Waals surface area contributed by atoms with Crippen LogP contribution in [0.25, 0.3) is 0 Å².